The van der Waals surface area contributed by atoms with Gasteiger partial charge in [0.15, 0.2) is 0 Å². The topological polar surface area (TPSA) is 0 Å². The Kier molecular flexibility index (Phi) is 4.94. The van der Waals surface area contributed by atoms with Crippen LogP contribution in [0.15, 0.2) is 5.03 Å². The van der Waals surface area contributed by atoms with Gasteiger partial charge >= 0.3 is 0 Å². The van der Waals surface area contributed by atoms with E-state index in [1.807, 2.05) is 0 Å². The lowest BCUT2D eigenvalue weighted by atomic mass is 9.92. The van der Waals surface area contributed by atoms with Crippen molar-refractivity contribution in [2.75, 3.05) is 0 Å². The summed E-state index contributed by atoms with van der Waals surface area (Å²) in [7, 11) is 0. The summed E-state index contributed by atoms with van der Waals surface area (Å²) in [6.45, 7) is 0. The van der Waals surface area contributed by atoms with Gasteiger partial charge in [-0.3, -0.25) is 0 Å². The minimum absolute atomic E-state index is 0.0905. The quantitative estimate of drug-likeness (QED) is 0.263. The first kappa shape index (κ1) is 17.9. The highest BCUT2D eigenvalue weighted by atomic mass is 35.5. The predicted molar refractivity (Wildman–Crippen MR) is 101 cm³/mol. The maximum atomic E-state index is 6.35. The predicted octanol–water partition coefficient (Wildman–Crippen LogP) is 9.20. The Morgan fingerprint density at radius 1 is 0.545 bits per heavy atom. The molecule has 0 saturated heterocycles. The van der Waals surface area contributed by atoms with E-state index in [1.54, 1.807) is 0 Å². The SMILES string of the molecule is ClC1=C(Cl)C(Cl)c2c(Cl)c(Cl)c(Cl)c3c(Cl)c(Cl)c(Cl)c1c23. The molecule has 0 fully saturated rings. The highest BCUT2D eigenvalue weighted by Gasteiger charge is 2.35. The van der Waals surface area contributed by atoms with Crippen LogP contribution in [0.3, 0.4) is 0 Å². The Morgan fingerprint density at radius 3 is 1.59 bits per heavy atom. The maximum Gasteiger partial charge on any atom is 0.0977 e. The summed E-state index contributed by atoms with van der Waals surface area (Å²) in [4.78, 5) is 0. The summed E-state index contributed by atoms with van der Waals surface area (Å²) in [5, 5.41) is 1.17. The first-order valence-electron chi connectivity index (χ1n) is 5.56. The lowest BCUT2D eigenvalue weighted by Crippen LogP contribution is -2.05. The summed E-state index contributed by atoms with van der Waals surface area (Å²) >= 11 is 56.3. The van der Waals surface area contributed by atoms with E-state index in [2.05, 4.69) is 0 Å². The molecule has 0 aliphatic heterocycles. The van der Waals surface area contributed by atoms with E-state index in [9.17, 15) is 0 Å². The smallest absolute Gasteiger partial charge is 0.0977 e. The number of alkyl halides is 1. The maximum absolute atomic E-state index is 6.35. The minimum atomic E-state index is -0.806. The van der Waals surface area contributed by atoms with Gasteiger partial charge in [-0.05, 0) is 0 Å². The van der Waals surface area contributed by atoms with Crippen LogP contribution in [0.25, 0.3) is 15.8 Å². The van der Waals surface area contributed by atoms with Crippen LogP contribution in [0.2, 0.25) is 30.1 Å². The summed E-state index contributed by atoms with van der Waals surface area (Å²) in [6.07, 6.45) is 0. The summed E-state index contributed by atoms with van der Waals surface area (Å²) in [6, 6.07) is 0. The normalized spacial score (nSPS) is 17.6. The summed E-state index contributed by atoms with van der Waals surface area (Å²) in [5.74, 6) is 0. The summed E-state index contributed by atoms with van der Waals surface area (Å²) in [5.41, 5.74) is 0.822. The molecule has 0 amide bonds. The van der Waals surface area contributed by atoms with E-state index in [-0.39, 0.29) is 40.2 Å². The molecule has 2 aromatic rings. The van der Waals surface area contributed by atoms with E-state index in [4.69, 9.17) is 104 Å². The molecule has 0 bridgehead atoms. The molecule has 9 heteroatoms. The lowest BCUT2D eigenvalue weighted by molar-refractivity contribution is 1.20. The van der Waals surface area contributed by atoms with E-state index in [0.29, 0.717) is 21.9 Å². The third kappa shape index (κ3) is 2.27. The third-order valence-corrected chi connectivity index (χ3v) is 7.45. The van der Waals surface area contributed by atoms with Crippen LogP contribution in [0.4, 0.5) is 0 Å². The fourth-order valence-electron chi connectivity index (χ4n) is 2.37. The van der Waals surface area contributed by atoms with Gasteiger partial charge in [0.2, 0.25) is 0 Å². The second kappa shape index (κ2) is 6.09. The fourth-order valence-corrected chi connectivity index (χ4v) is 5.04. The van der Waals surface area contributed by atoms with Crippen LogP contribution in [-0.4, -0.2) is 0 Å². The summed E-state index contributed by atoms with van der Waals surface area (Å²) < 4.78 is 0. The van der Waals surface area contributed by atoms with Crippen LogP contribution in [0.1, 0.15) is 16.5 Å². The van der Waals surface area contributed by atoms with Crippen molar-refractivity contribution in [3.8, 4) is 0 Å². The van der Waals surface area contributed by atoms with Gasteiger partial charge in [-0.1, -0.05) is 92.8 Å². The molecule has 2 aromatic carbocycles. The van der Waals surface area contributed by atoms with Crippen LogP contribution < -0.4 is 0 Å². The van der Waals surface area contributed by atoms with Gasteiger partial charge in [0.25, 0.3) is 0 Å². The molecule has 0 saturated carbocycles. The third-order valence-electron chi connectivity index (χ3n) is 3.34. The molecule has 3 rings (SSSR count). The zero-order valence-corrected chi connectivity index (χ0v) is 16.8. The highest BCUT2D eigenvalue weighted by Crippen LogP contribution is 2.58. The molecule has 1 unspecified atom stereocenters. The van der Waals surface area contributed by atoms with Crippen LogP contribution in [0, 0.1) is 0 Å². The van der Waals surface area contributed by atoms with Gasteiger partial charge in [-0.2, -0.15) is 0 Å². The van der Waals surface area contributed by atoms with Gasteiger partial charge in [0.05, 0.1) is 45.6 Å². The van der Waals surface area contributed by atoms with Crippen molar-refractivity contribution in [1.82, 2.24) is 0 Å². The molecule has 0 N–H and O–H groups in total. The fraction of sp³-hybridized carbons (Fsp3) is 0.0769. The Balaban J connectivity index is 2.74. The number of halogens is 9. The molecule has 0 aromatic heterocycles. The number of hydrogen-bond donors (Lipinski definition) is 0. The first-order chi connectivity index (χ1) is 10.2. The van der Waals surface area contributed by atoms with Crippen molar-refractivity contribution in [2.24, 2.45) is 0 Å². The molecule has 22 heavy (non-hydrogen) atoms. The number of benzene rings is 2. The highest BCUT2D eigenvalue weighted by molar-refractivity contribution is 6.63. The zero-order valence-electron chi connectivity index (χ0n) is 9.98. The Morgan fingerprint density at radius 2 is 1.05 bits per heavy atom. The van der Waals surface area contributed by atoms with Crippen molar-refractivity contribution in [3.63, 3.8) is 0 Å². The standard InChI is InChI=1S/C13HCl9/c14-5-2-1-3(7(16)11(5)20)9(18)13(22)10(19)4(1)8(17)12(21)6(2)15/h5H. The number of allylic oxidation sites excluding steroid dienone is 1. The number of hydrogen-bond acceptors (Lipinski definition) is 0. The Hall–Kier alpha value is 1.05. The molecule has 0 nitrogen and oxygen atoms in total. The zero-order chi connectivity index (χ0) is 16.5. The van der Waals surface area contributed by atoms with Crippen molar-refractivity contribution in [3.05, 3.63) is 46.3 Å². The molecule has 0 heterocycles. The van der Waals surface area contributed by atoms with E-state index >= 15 is 0 Å². The molecule has 1 aliphatic rings. The minimum Gasteiger partial charge on any atom is -0.111 e. The molecule has 0 radical (unpaired) electrons. The Labute approximate surface area is 170 Å². The average Bonchev–Trinajstić information content (AvgIpc) is 2.48. The molecular weight excluding hydrogens is 475 g/mol. The first-order valence-corrected chi connectivity index (χ1v) is 9.02. The number of rotatable bonds is 0. The second-order valence-corrected chi connectivity index (χ2v) is 7.94. The van der Waals surface area contributed by atoms with E-state index < -0.39 is 5.38 Å². The molecule has 1 aliphatic carbocycles. The second-order valence-electron chi connectivity index (χ2n) is 4.45. The van der Waals surface area contributed by atoms with Crippen LogP contribution in [-0.2, 0) is 0 Å². The average molecular weight is 476 g/mol. The van der Waals surface area contributed by atoms with Gasteiger partial charge in [0, 0.05) is 21.9 Å². The van der Waals surface area contributed by atoms with Crippen LogP contribution >= 0.6 is 104 Å². The molecule has 116 valence electrons. The van der Waals surface area contributed by atoms with Gasteiger partial charge in [0.1, 0.15) is 0 Å². The lowest BCUT2D eigenvalue weighted by Gasteiger charge is -2.26. The van der Waals surface area contributed by atoms with Crippen molar-refractivity contribution < 1.29 is 0 Å². The van der Waals surface area contributed by atoms with Crippen molar-refractivity contribution in [2.45, 2.75) is 5.38 Å². The van der Waals surface area contributed by atoms with Crippen molar-refractivity contribution >= 4 is 120 Å². The molecule has 1 atom stereocenters. The largest absolute Gasteiger partial charge is 0.111 e. The monoisotopic (exact) mass is 472 g/mol. The van der Waals surface area contributed by atoms with Gasteiger partial charge in [-0.15, -0.1) is 11.6 Å². The molecule has 0 spiro atoms. The van der Waals surface area contributed by atoms with Crippen LogP contribution in [0.5, 0.6) is 0 Å². The Bertz CT molecular complexity index is 873. The van der Waals surface area contributed by atoms with E-state index in [0.717, 1.165) is 0 Å². The van der Waals surface area contributed by atoms with Gasteiger partial charge < -0.3 is 0 Å². The van der Waals surface area contributed by atoms with Crippen molar-refractivity contribution in [1.29, 1.82) is 0 Å². The molecular formula is C13HCl9. The van der Waals surface area contributed by atoms with Gasteiger partial charge in [-0.25, -0.2) is 0 Å². The van der Waals surface area contributed by atoms with E-state index in [1.165, 1.54) is 0 Å².